The average molecular weight is 339 g/mol. The molecule has 0 radical (unpaired) electrons. The standard InChI is InChI=1S/C19H21N3O3/c23-18(24)10-13-21(14-16-8-3-4-11-20-16)19(25)22-12-5-7-15-6-1-2-9-17(15)22/h1-4,6,8-9,11H,5,7,10,12-14H2,(H,23,24). The predicted molar refractivity (Wildman–Crippen MR) is 94.4 cm³/mol. The van der Waals surface area contributed by atoms with E-state index in [0.29, 0.717) is 13.1 Å². The van der Waals surface area contributed by atoms with E-state index < -0.39 is 5.97 Å². The summed E-state index contributed by atoms with van der Waals surface area (Å²) in [6.45, 7) is 1.09. The Bertz CT molecular complexity index is 749. The molecule has 0 fully saturated rings. The zero-order valence-corrected chi connectivity index (χ0v) is 14.0. The molecule has 2 heterocycles. The summed E-state index contributed by atoms with van der Waals surface area (Å²) in [6, 6.07) is 13.2. The van der Waals surface area contributed by atoms with Crippen LogP contribution in [0.2, 0.25) is 0 Å². The summed E-state index contributed by atoms with van der Waals surface area (Å²) < 4.78 is 0. The molecule has 0 unspecified atom stereocenters. The first-order valence-electron chi connectivity index (χ1n) is 8.41. The third-order valence-electron chi connectivity index (χ3n) is 4.29. The highest BCUT2D eigenvalue weighted by molar-refractivity contribution is 5.93. The lowest BCUT2D eigenvalue weighted by Crippen LogP contribution is -2.46. The number of aliphatic carboxylic acids is 1. The van der Waals surface area contributed by atoms with Gasteiger partial charge in [-0.2, -0.15) is 0 Å². The molecule has 0 saturated heterocycles. The number of carboxylic acid groups (broad SMARTS) is 1. The Morgan fingerprint density at radius 3 is 2.72 bits per heavy atom. The maximum absolute atomic E-state index is 13.1. The normalized spacial score (nSPS) is 13.2. The summed E-state index contributed by atoms with van der Waals surface area (Å²) in [5, 5.41) is 9.01. The summed E-state index contributed by atoms with van der Waals surface area (Å²) in [4.78, 5) is 31.7. The van der Waals surface area contributed by atoms with Crippen molar-refractivity contribution in [3.05, 3.63) is 59.9 Å². The summed E-state index contributed by atoms with van der Waals surface area (Å²) in [5.74, 6) is -0.919. The third kappa shape index (κ3) is 4.15. The van der Waals surface area contributed by atoms with Crippen molar-refractivity contribution in [2.24, 2.45) is 0 Å². The number of urea groups is 1. The molecule has 130 valence electrons. The van der Waals surface area contributed by atoms with Gasteiger partial charge in [-0.3, -0.25) is 14.7 Å². The van der Waals surface area contributed by atoms with Gasteiger partial charge in [0, 0.05) is 25.0 Å². The van der Waals surface area contributed by atoms with Crippen molar-refractivity contribution in [3.63, 3.8) is 0 Å². The minimum Gasteiger partial charge on any atom is -0.481 e. The lowest BCUT2D eigenvalue weighted by Gasteiger charge is -2.34. The average Bonchev–Trinajstić information content (AvgIpc) is 2.65. The molecular weight excluding hydrogens is 318 g/mol. The van der Waals surface area contributed by atoms with E-state index in [-0.39, 0.29) is 19.0 Å². The molecule has 6 heteroatoms. The smallest absolute Gasteiger partial charge is 0.324 e. The lowest BCUT2D eigenvalue weighted by molar-refractivity contribution is -0.137. The van der Waals surface area contributed by atoms with Crippen LogP contribution in [0.4, 0.5) is 10.5 Å². The molecule has 1 N–H and O–H groups in total. The third-order valence-corrected chi connectivity index (χ3v) is 4.29. The van der Waals surface area contributed by atoms with Gasteiger partial charge in [-0.05, 0) is 36.6 Å². The molecule has 1 aromatic carbocycles. The van der Waals surface area contributed by atoms with Gasteiger partial charge in [-0.25, -0.2) is 4.79 Å². The Hall–Kier alpha value is -2.89. The molecule has 25 heavy (non-hydrogen) atoms. The largest absolute Gasteiger partial charge is 0.481 e. The van der Waals surface area contributed by atoms with Crippen LogP contribution in [-0.2, 0) is 17.8 Å². The molecule has 2 aromatic rings. The van der Waals surface area contributed by atoms with Crippen LogP contribution in [0.15, 0.2) is 48.7 Å². The number of fused-ring (bicyclic) bond motifs is 1. The molecule has 3 rings (SSSR count). The highest BCUT2D eigenvalue weighted by Gasteiger charge is 2.27. The number of amides is 2. The fraction of sp³-hybridized carbons (Fsp3) is 0.316. The molecule has 0 spiro atoms. The first kappa shape index (κ1) is 17.0. The summed E-state index contributed by atoms with van der Waals surface area (Å²) >= 11 is 0. The van der Waals surface area contributed by atoms with E-state index in [4.69, 9.17) is 5.11 Å². The van der Waals surface area contributed by atoms with Crippen molar-refractivity contribution in [2.45, 2.75) is 25.8 Å². The van der Waals surface area contributed by atoms with Crippen LogP contribution in [0, 0.1) is 0 Å². The van der Waals surface area contributed by atoms with Crippen LogP contribution in [-0.4, -0.2) is 40.1 Å². The minimum atomic E-state index is -0.919. The number of rotatable bonds is 5. The quantitative estimate of drug-likeness (QED) is 0.909. The fourth-order valence-corrected chi connectivity index (χ4v) is 3.06. The Kier molecular flexibility index (Phi) is 5.28. The molecule has 0 atom stereocenters. The van der Waals surface area contributed by atoms with E-state index in [2.05, 4.69) is 4.98 Å². The first-order valence-corrected chi connectivity index (χ1v) is 8.41. The molecule has 6 nitrogen and oxygen atoms in total. The zero-order valence-electron chi connectivity index (χ0n) is 14.0. The van der Waals surface area contributed by atoms with Crippen molar-refractivity contribution in [3.8, 4) is 0 Å². The van der Waals surface area contributed by atoms with Crippen LogP contribution in [0.25, 0.3) is 0 Å². The number of para-hydroxylation sites is 1. The Morgan fingerprint density at radius 1 is 1.16 bits per heavy atom. The SMILES string of the molecule is O=C(O)CCN(Cc1ccccn1)C(=O)N1CCCc2ccccc21. The van der Waals surface area contributed by atoms with Crippen molar-refractivity contribution in [1.82, 2.24) is 9.88 Å². The van der Waals surface area contributed by atoms with Crippen molar-refractivity contribution in [1.29, 1.82) is 0 Å². The number of carbonyl (C=O) groups is 2. The number of carbonyl (C=O) groups excluding carboxylic acids is 1. The molecule has 0 saturated carbocycles. The lowest BCUT2D eigenvalue weighted by atomic mass is 10.0. The van der Waals surface area contributed by atoms with Gasteiger partial charge in [0.1, 0.15) is 0 Å². The zero-order chi connectivity index (χ0) is 17.6. The molecular formula is C19H21N3O3. The van der Waals surface area contributed by atoms with Crippen molar-refractivity contribution < 1.29 is 14.7 Å². The van der Waals surface area contributed by atoms with Crippen LogP contribution in [0.5, 0.6) is 0 Å². The molecule has 2 amide bonds. The van der Waals surface area contributed by atoms with Gasteiger partial charge in [-0.1, -0.05) is 24.3 Å². The Balaban J connectivity index is 1.82. The van der Waals surface area contributed by atoms with Gasteiger partial charge in [-0.15, -0.1) is 0 Å². The molecule has 1 aliphatic rings. The van der Waals surface area contributed by atoms with Crippen LogP contribution >= 0.6 is 0 Å². The molecule has 0 bridgehead atoms. The van der Waals surface area contributed by atoms with Crippen LogP contribution in [0.1, 0.15) is 24.1 Å². The second kappa shape index (κ2) is 7.79. The van der Waals surface area contributed by atoms with E-state index in [1.54, 1.807) is 16.0 Å². The number of hydrogen-bond acceptors (Lipinski definition) is 3. The number of aromatic nitrogens is 1. The monoisotopic (exact) mass is 339 g/mol. The molecule has 0 aliphatic carbocycles. The summed E-state index contributed by atoms with van der Waals surface area (Å²) in [6.07, 6.45) is 3.44. The number of aryl methyl sites for hydroxylation is 1. The highest BCUT2D eigenvalue weighted by Crippen LogP contribution is 2.28. The maximum atomic E-state index is 13.1. The van der Waals surface area contributed by atoms with Crippen molar-refractivity contribution in [2.75, 3.05) is 18.0 Å². The van der Waals surface area contributed by atoms with Gasteiger partial charge in [0.05, 0.1) is 18.7 Å². The van der Waals surface area contributed by atoms with E-state index in [1.165, 1.54) is 0 Å². The number of nitrogens with zero attached hydrogens (tertiary/aromatic N) is 3. The number of hydrogen-bond donors (Lipinski definition) is 1. The van der Waals surface area contributed by atoms with Crippen LogP contribution in [0.3, 0.4) is 0 Å². The van der Waals surface area contributed by atoms with E-state index >= 15 is 0 Å². The summed E-state index contributed by atoms with van der Waals surface area (Å²) in [7, 11) is 0. The fourth-order valence-electron chi connectivity index (χ4n) is 3.06. The Labute approximate surface area is 146 Å². The number of anilines is 1. The summed E-state index contributed by atoms with van der Waals surface area (Å²) in [5.41, 5.74) is 2.81. The van der Waals surface area contributed by atoms with Crippen LogP contribution < -0.4 is 4.90 Å². The molecule has 1 aromatic heterocycles. The Morgan fingerprint density at radius 2 is 1.96 bits per heavy atom. The van der Waals surface area contributed by atoms with Crippen molar-refractivity contribution >= 4 is 17.7 Å². The van der Waals surface area contributed by atoms with Gasteiger partial charge in [0.15, 0.2) is 0 Å². The second-order valence-corrected chi connectivity index (χ2v) is 6.05. The number of pyridine rings is 1. The number of carboxylic acids is 1. The highest BCUT2D eigenvalue weighted by atomic mass is 16.4. The second-order valence-electron chi connectivity index (χ2n) is 6.05. The van der Waals surface area contributed by atoms with E-state index in [0.717, 1.165) is 29.8 Å². The number of benzene rings is 1. The van der Waals surface area contributed by atoms with Gasteiger partial charge in [0.25, 0.3) is 0 Å². The molecule has 1 aliphatic heterocycles. The van der Waals surface area contributed by atoms with Gasteiger partial charge in [0.2, 0.25) is 0 Å². The van der Waals surface area contributed by atoms with E-state index in [1.807, 2.05) is 42.5 Å². The van der Waals surface area contributed by atoms with Gasteiger partial charge < -0.3 is 10.0 Å². The topological polar surface area (TPSA) is 73.7 Å². The minimum absolute atomic E-state index is 0.0892. The maximum Gasteiger partial charge on any atom is 0.324 e. The first-order chi connectivity index (χ1) is 12.1. The predicted octanol–water partition coefficient (Wildman–Crippen LogP) is 2.93. The van der Waals surface area contributed by atoms with Gasteiger partial charge >= 0.3 is 12.0 Å². The van der Waals surface area contributed by atoms with E-state index in [9.17, 15) is 9.59 Å².